The van der Waals surface area contributed by atoms with E-state index < -0.39 is 21.7 Å². The lowest BCUT2D eigenvalue weighted by Crippen LogP contribution is -2.53. The maximum atomic E-state index is 13.5. The summed E-state index contributed by atoms with van der Waals surface area (Å²) in [5.74, 6) is -2.35. The van der Waals surface area contributed by atoms with Crippen molar-refractivity contribution in [3.05, 3.63) is 59.7 Å². The van der Waals surface area contributed by atoms with Crippen molar-refractivity contribution in [3.8, 4) is 0 Å². The number of carbonyl (C=O) groups excluding carboxylic acids is 1. The summed E-state index contributed by atoms with van der Waals surface area (Å²) >= 11 is 0. The summed E-state index contributed by atoms with van der Waals surface area (Å²) in [6.45, 7) is 3.08. The van der Waals surface area contributed by atoms with E-state index in [1.165, 1.54) is 9.87 Å². The molecule has 0 N–H and O–H groups in total. The molecule has 0 aromatic heterocycles. The highest BCUT2D eigenvalue weighted by Gasteiger charge is 2.32. The molecule has 1 saturated heterocycles. The molecule has 2 aliphatic heterocycles. The third-order valence-electron chi connectivity index (χ3n) is 6.09. The Morgan fingerprint density at radius 1 is 1.03 bits per heavy atom. The first kappa shape index (κ1) is 21.7. The number of rotatable bonds is 4. The first-order valence-corrected chi connectivity index (χ1v) is 11.8. The second-order valence-electron chi connectivity index (χ2n) is 8.01. The molecule has 31 heavy (non-hydrogen) atoms. The van der Waals surface area contributed by atoms with Gasteiger partial charge in [-0.15, -0.1) is 0 Å². The van der Waals surface area contributed by atoms with E-state index in [1.807, 2.05) is 18.2 Å². The smallest absolute Gasteiger partial charge is 0.243 e. The van der Waals surface area contributed by atoms with Crippen molar-refractivity contribution in [2.45, 2.75) is 30.7 Å². The lowest BCUT2D eigenvalue weighted by molar-refractivity contribution is -0.131. The largest absolute Gasteiger partial charge is 0.359 e. The van der Waals surface area contributed by atoms with Crippen molar-refractivity contribution in [1.29, 1.82) is 0 Å². The third kappa shape index (κ3) is 4.29. The van der Waals surface area contributed by atoms with Gasteiger partial charge in [0.2, 0.25) is 15.9 Å². The Kier molecular flexibility index (Phi) is 5.98. The van der Waals surface area contributed by atoms with E-state index in [2.05, 4.69) is 17.9 Å². The Morgan fingerprint density at radius 2 is 1.74 bits per heavy atom. The number of sulfonamides is 1. The maximum absolute atomic E-state index is 13.5. The van der Waals surface area contributed by atoms with Gasteiger partial charge in [-0.2, -0.15) is 4.31 Å². The van der Waals surface area contributed by atoms with E-state index in [-0.39, 0.29) is 49.6 Å². The molecule has 1 atom stereocenters. The number of piperazine rings is 1. The van der Waals surface area contributed by atoms with E-state index in [4.69, 9.17) is 0 Å². The fourth-order valence-electron chi connectivity index (χ4n) is 4.21. The van der Waals surface area contributed by atoms with Crippen LogP contribution in [0.1, 0.15) is 18.9 Å². The Bertz CT molecular complexity index is 1090. The quantitative estimate of drug-likeness (QED) is 0.720. The first-order valence-electron chi connectivity index (χ1n) is 10.3. The molecule has 9 heteroatoms. The van der Waals surface area contributed by atoms with Gasteiger partial charge in [0, 0.05) is 37.9 Å². The van der Waals surface area contributed by atoms with E-state index >= 15 is 0 Å². The number of aryl methyl sites for hydroxylation is 1. The van der Waals surface area contributed by atoms with Gasteiger partial charge < -0.3 is 9.80 Å². The minimum absolute atomic E-state index is 0.0478. The van der Waals surface area contributed by atoms with Gasteiger partial charge in [-0.3, -0.25) is 4.79 Å². The lowest BCUT2D eigenvalue weighted by Gasteiger charge is -2.39. The van der Waals surface area contributed by atoms with Gasteiger partial charge in [0.05, 0.1) is 11.4 Å². The monoisotopic (exact) mass is 449 g/mol. The SMILES string of the molecule is C[C@H]1CCc2ccccc2N1CC(=O)N1CCN(S(=O)(=O)c2ccc(F)c(F)c2)CC1. The molecule has 0 unspecified atom stereocenters. The summed E-state index contributed by atoms with van der Waals surface area (Å²) in [5.41, 5.74) is 2.31. The van der Waals surface area contributed by atoms with Gasteiger partial charge >= 0.3 is 0 Å². The Labute approximate surface area is 181 Å². The molecule has 1 fully saturated rings. The van der Waals surface area contributed by atoms with E-state index in [1.54, 1.807) is 4.90 Å². The zero-order chi connectivity index (χ0) is 22.2. The minimum Gasteiger partial charge on any atom is -0.359 e. The lowest BCUT2D eigenvalue weighted by atomic mass is 9.96. The second kappa shape index (κ2) is 8.55. The van der Waals surface area contributed by atoms with Crippen molar-refractivity contribution in [2.24, 2.45) is 0 Å². The standard InChI is InChI=1S/C22H25F2N3O3S/c1-16-6-7-17-4-2-3-5-21(17)27(16)15-22(28)25-10-12-26(13-11-25)31(29,30)18-8-9-19(23)20(24)14-18/h2-5,8-9,14,16H,6-7,10-13,15H2,1H3/t16-/m0/s1. The van der Waals surface area contributed by atoms with Crippen LogP contribution < -0.4 is 4.90 Å². The predicted molar refractivity (Wildman–Crippen MR) is 113 cm³/mol. The highest BCUT2D eigenvalue weighted by Crippen LogP contribution is 2.30. The molecule has 6 nitrogen and oxygen atoms in total. The number of halogens is 2. The van der Waals surface area contributed by atoms with Gasteiger partial charge in [-0.05, 0) is 49.6 Å². The van der Waals surface area contributed by atoms with Crippen LogP contribution >= 0.6 is 0 Å². The highest BCUT2D eigenvalue weighted by molar-refractivity contribution is 7.89. The number of carbonyl (C=O) groups is 1. The van der Waals surface area contributed by atoms with Gasteiger partial charge in [0.25, 0.3) is 0 Å². The van der Waals surface area contributed by atoms with Crippen LogP contribution in [0, 0.1) is 11.6 Å². The van der Waals surface area contributed by atoms with E-state index in [9.17, 15) is 22.0 Å². The molecule has 0 spiro atoms. The van der Waals surface area contributed by atoms with Crippen LogP contribution in [0.2, 0.25) is 0 Å². The number of anilines is 1. The molecule has 2 heterocycles. The van der Waals surface area contributed by atoms with Gasteiger partial charge in [0.1, 0.15) is 0 Å². The van der Waals surface area contributed by atoms with Gasteiger partial charge in [0.15, 0.2) is 11.6 Å². The molecule has 0 bridgehead atoms. The van der Waals surface area contributed by atoms with Gasteiger partial charge in [-0.25, -0.2) is 17.2 Å². The normalized spacial score (nSPS) is 19.9. The van der Waals surface area contributed by atoms with Crippen LogP contribution in [-0.2, 0) is 21.2 Å². The summed E-state index contributed by atoms with van der Waals surface area (Å²) < 4.78 is 53.3. The average Bonchev–Trinajstić information content (AvgIpc) is 2.77. The van der Waals surface area contributed by atoms with Crippen LogP contribution in [0.4, 0.5) is 14.5 Å². The maximum Gasteiger partial charge on any atom is 0.243 e. The average molecular weight is 450 g/mol. The van der Waals surface area contributed by atoms with Crippen LogP contribution in [0.15, 0.2) is 47.4 Å². The first-order chi connectivity index (χ1) is 14.8. The van der Waals surface area contributed by atoms with Crippen molar-refractivity contribution >= 4 is 21.6 Å². The number of para-hydroxylation sites is 1. The van der Waals surface area contributed by atoms with Crippen molar-refractivity contribution in [1.82, 2.24) is 9.21 Å². The number of hydrogen-bond acceptors (Lipinski definition) is 4. The topological polar surface area (TPSA) is 60.9 Å². The third-order valence-corrected chi connectivity index (χ3v) is 7.98. The second-order valence-corrected chi connectivity index (χ2v) is 9.94. The molecule has 2 aromatic rings. The molecular formula is C22H25F2N3O3S. The number of fused-ring (bicyclic) bond motifs is 1. The molecule has 0 saturated carbocycles. The molecule has 0 aliphatic carbocycles. The molecule has 1 amide bonds. The summed E-state index contributed by atoms with van der Waals surface area (Å²) in [4.78, 5) is 16.5. The van der Waals surface area contributed by atoms with Crippen LogP contribution in [-0.4, -0.2) is 62.3 Å². The molecule has 166 valence electrons. The predicted octanol–water partition coefficient (Wildman–Crippen LogP) is 2.64. The summed E-state index contributed by atoms with van der Waals surface area (Å²) in [7, 11) is -3.95. The Morgan fingerprint density at radius 3 is 2.45 bits per heavy atom. The minimum atomic E-state index is -3.95. The Balaban J connectivity index is 1.41. The van der Waals surface area contributed by atoms with Crippen LogP contribution in [0.3, 0.4) is 0 Å². The summed E-state index contributed by atoms with van der Waals surface area (Å²) in [6.07, 6.45) is 1.97. The summed E-state index contributed by atoms with van der Waals surface area (Å²) in [6, 6.07) is 10.9. The zero-order valence-corrected chi connectivity index (χ0v) is 18.1. The molecular weight excluding hydrogens is 424 g/mol. The van der Waals surface area contributed by atoms with Crippen molar-refractivity contribution in [3.63, 3.8) is 0 Å². The Hall–Kier alpha value is -2.52. The number of amides is 1. The van der Waals surface area contributed by atoms with E-state index in [0.29, 0.717) is 6.07 Å². The molecule has 4 rings (SSSR count). The zero-order valence-electron chi connectivity index (χ0n) is 17.3. The summed E-state index contributed by atoms with van der Waals surface area (Å²) in [5, 5.41) is 0. The molecule has 2 aliphatic rings. The van der Waals surface area contributed by atoms with Crippen molar-refractivity contribution in [2.75, 3.05) is 37.6 Å². The van der Waals surface area contributed by atoms with Crippen LogP contribution in [0.5, 0.6) is 0 Å². The highest BCUT2D eigenvalue weighted by atomic mass is 32.2. The number of hydrogen-bond donors (Lipinski definition) is 0. The van der Waals surface area contributed by atoms with Crippen LogP contribution in [0.25, 0.3) is 0 Å². The van der Waals surface area contributed by atoms with Crippen molar-refractivity contribution < 1.29 is 22.0 Å². The van der Waals surface area contributed by atoms with E-state index in [0.717, 1.165) is 30.7 Å². The number of benzene rings is 2. The molecule has 2 aromatic carbocycles. The fourth-order valence-corrected chi connectivity index (χ4v) is 5.65. The van der Waals surface area contributed by atoms with Gasteiger partial charge in [-0.1, -0.05) is 18.2 Å². The number of nitrogens with zero attached hydrogens (tertiary/aromatic N) is 3. The molecule has 0 radical (unpaired) electrons. The fraction of sp³-hybridized carbons (Fsp3) is 0.409.